The Morgan fingerprint density at radius 1 is 1.56 bits per heavy atom. The molecule has 0 aromatic rings. The molecule has 0 aromatic heterocycles. The van der Waals surface area contributed by atoms with Gasteiger partial charge in [0, 0.05) is 25.6 Å². The van der Waals surface area contributed by atoms with Crippen LogP contribution in [0.2, 0.25) is 0 Å². The van der Waals surface area contributed by atoms with Crippen molar-refractivity contribution in [3.63, 3.8) is 0 Å². The van der Waals surface area contributed by atoms with E-state index < -0.39 is 0 Å². The van der Waals surface area contributed by atoms with Gasteiger partial charge in [-0.1, -0.05) is 13.8 Å². The van der Waals surface area contributed by atoms with Gasteiger partial charge in [0.05, 0.1) is 6.10 Å². The highest BCUT2D eigenvalue weighted by molar-refractivity contribution is 5.76. The molecule has 0 bridgehead atoms. The van der Waals surface area contributed by atoms with Gasteiger partial charge in [-0.3, -0.25) is 4.79 Å². The SMILES string of the molecule is CC(C)CC(O)CNC1CCCNC(=O)C1. The van der Waals surface area contributed by atoms with Gasteiger partial charge in [0.25, 0.3) is 0 Å². The minimum atomic E-state index is -0.300. The summed E-state index contributed by atoms with van der Waals surface area (Å²) in [5, 5.41) is 15.9. The summed E-state index contributed by atoms with van der Waals surface area (Å²) in [6.07, 6.45) is 3.07. The summed E-state index contributed by atoms with van der Waals surface area (Å²) in [7, 11) is 0. The van der Waals surface area contributed by atoms with Crippen molar-refractivity contribution in [3.05, 3.63) is 0 Å². The number of nitrogens with one attached hydrogen (secondary N) is 2. The zero-order valence-electron chi connectivity index (χ0n) is 10.3. The molecule has 0 spiro atoms. The third kappa shape index (κ3) is 5.47. The summed E-state index contributed by atoms with van der Waals surface area (Å²) < 4.78 is 0. The Kier molecular flexibility index (Phi) is 5.77. The van der Waals surface area contributed by atoms with Crippen LogP contribution in [0.4, 0.5) is 0 Å². The highest BCUT2D eigenvalue weighted by Gasteiger charge is 2.17. The molecule has 1 fully saturated rings. The largest absolute Gasteiger partial charge is 0.392 e. The average Bonchev–Trinajstić information content (AvgIpc) is 2.38. The zero-order valence-corrected chi connectivity index (χ0v) is 10.3. The first kappa shape index (κ1) is 13.5. The first-order chi connectivity index (χ1) is 7.58. The Hall–Kier alpha value is -0.610. The summed E-state index contributed by atoms with van der Waals surface area (Å²) in [6.45, 7) is 5.58. The molecular weight excluding hydrogens is 204 g/mol. The summed E-state index contributed by atoms with van der Waals surface area (Å²) in [6, 6.07) is 0.226. The zero-order chi connectivity index (χ0) is 12.0. The molecule has 1 saturated heterocycles. The number of amides is 1. The smallest absolute Gasteiger partial charge is 0.221 e. The van der Waals surface area contributed by atoms with Gasteiger partial charge >= 0.3 is 0 Å². The van der Waals surface area contributed by atoms with E-state index in [1.165, 1.54) is 0 Å². The predicted octanol–water partition coefficient (Wildman–Crippen LogP) is 0.652. The van der Waals surface area contributed by atoms with Crippen LogP contribution >= 0.6 is 0 Å². The molecule has 0 aromatic carbocycles. The first-order valence-electron chi connectivity index (χ1n) is 6.26. The topological polar surface area (TPSA) is 61.4 Å². The summed E-state index contributed by atoms with van der Waals surface area (Å²) >= 11 is 0. The van der Waals surface area contributed by atoms with E-state index in [1.54, 1.807) is 0 Å². The molecule has 1 aliphatic heterocycles. The van der Waals surface area contributed by atoms with E-state index in [0.717, 1.165) is 25.8 Å². The number of carbonyl (C=O) groups excluding carboxylic acids is 1. The van der Waals surface area contributed by atoms with Crippen LogP contribution in [0.25, 0.3) is 0 Å². The van der Waals surface area contributed by atoms with Gasteiger partial charge in [-0.2, -0.15) is 0 Å². The molecule has 4 heteroatoms. The highest BCUT2D eigenvalue weighted by Crippen LogP contribution is 2.08. The molecule has 0 radical (unpaired) electrons. The predicted molar refractivity (Wildman–Crippen MR) is 64.1 cm³/mol. The number of aliphatic hydroxyl groups excluding tert-OH is 1. The second kappa shape index (κ2) is 6.86. The summed E-state index contributed by atoms with van der Waals surface area (Å²) in [4.78, 5) is 11.3. The minimum absolute atomic E-state index is 0.119. The van der Waals surface area contributed by atoms with E-state index in [0.29, 0.717) is 18.9 Å². The third-order valence-corrected chi connectivity index (χ3v) is 2.87. The Morgan fingerprint density at radius 3 is 3.00 bits per heavy atom. The molecule has 1 rings (SSSR count). The van der Waals surface area contributed by atoms with Gasteiger partial charge in [-0.15, -0.1) is 0 Å². The van der Waals surface area contributed by atoms with E-state index in [9.17, 15) is 9.90 Å². The van der Waals surface area contributed by atoms with E-state index in [4.69, 9.17) is 0 Å². The Labute approximate surface area is 97.8 Å². The van der Waals surface area contributed by atoms with Gasteiger partial charge in [-0.05, 0) is 25.2 Å². The Balaban J connectivity index is 2.22. The van der Waals surface area contributed by atoms with Crippen molar-refractivity contribution in [2.24, 2.45) is 5.92 Å². The van der Waals surface area contributed by atoms with Crippen molar-refractivity contribution in [2.75, 3.05) is 13.1 Å². The Bertz CT molecular complexity index is 219. The molecule has 16 heavy (non-hydrogen) atoms. The van der Waals surface area contributed by atoms with Crippen LogP contribution in [-0.2, 0) is 4.79 Å². The number of aliphatic hydroxyl groups is 1. The van der Waals surface area contributed by atoms with E-state index in [-0.39, 0.29) is 18.1 Å². The van der Waals surface area contributed by atoms with Gasteiger partial charge in [0.1, 0.15) is 0 Å². The molecule has 1 heterocycles. The maximum atomic E-state index is 11.3. The van der Waals surface area contributed by atoms with Crippen molar-refractivity contribution < 1.29 is 9.90 Å². The number of rotatable bonds is 5. The lowest BCUT2D eigenvalue weighted by Gasteiger charge is -2.19. The van der Waals surface area contributed by atoms with Gasteiger partial charge in [0.15, 0.2) is 0 Å². The van der Waals surface area contributed by atoms with Crippen molar-refractivity contribution in [1.29, 1.82) is 0 Å². The summed E-state index contributed by atoms with van der Waals surface area (Å²) in [5.74, 6) is 0.627. The highest BCUT2D eigenvalue weighted by atomic mass is 16.3. The number of carbonyl (C=O) groups is 1. The van der Waals surface area contributed by atoms with E-state index in [2.05, 4.69) is 24.5 Å². The summed E-state index contributed by atoms with van der Waals surface area (Å²) in [5.41, 5.74) is 0. The quantitative estimate of drug-likeness (QED) is 0.647. The van der Waals surface area contributed by atoms with Gasteiger partial charge in [0.2, 0.25) is 5.91 Å². The van der Waals surface area contributed by atoms with Gasteiger partial charge in [-0.25, -0.2) is 0 Å². The molecular formula is C12H24N2O2. The van der Waals surface area contributed by atoms with Crippen LogP contribution in [-0.4, -0.2) is 36.2 Å². The monoisotopic (exact) mass is 228 g/mol. The van der Waals surface area contributed by atoms with Crippen molar-refractivity contribution in [1.82, 2.24) is 10.6 Å². The lowest BCUT2D eigenvalue weighted by atomic mass is 10.0. The van der Waals surface area contributed by atoms with Crippen LogP contribution in [0, 0.1) is 5.92 Å². The molecule has 4 nitrogen and oxygen atoms in total. The van der Waals surface area contributed by atoms with E-state index >= 15 is 0 Å². The van der Waals surface area contributed by atoms with Crippen LogP contribution < -0.4 is 10.6 Å². The standard InChI is InChI=1S/C12H24N2O2/c1-9(2)6-11(15)8-14-10-4-3-5-13-12(16)7-10/h9-11,14-15H,3-8H2,1-2H3,(H,13,16). The third-order valence-electron chi connectivity index (χ3n) is 2.87. The van der Waals surface area contributed by atoms with Crippen LogP contribution in [0.5, 0.6) is 0 Å². The molecule has 2 atom stereocenters. The van der Waals surface area contributed by atoms with Crippen molar-refractivity contribution >= 4 is 5.91 Å². The second-order valence-corrected chi connectivity index (χ2v) is 5.08. The average molecular weight is 228 g/mol. The van der Waals surface area contributed by atoms with Crippen molar-refractivity contribution in [3.8, 4) is 0 Å². The van der Waals surface area contributed by atoms with Gasteiger partial charge < -0.3 is 15.7 Å². The Morgan fingerprint density at radius 2 is 2.31 bits per heavy atom. The van der Waals surface area contributed by atoms with Crippen LogP contribution in [0.1, 0.15) is 39.5 Å². The van der Waals surface area contributed by atoms with Crippen LogP contribution in [0.15, 0.2) is 0 Å². The second-order valence-electron chi connectivity index (χ2n) is 5.08. The maximum absolute atomic E-state index is 11.3. The molecule has 1 aliphatic rings. The molecule has 1 amide bonds. The molecule has 94 valence electrons. The fourth-order valence-electron chi connectivity index (χ4n) is 2.08. The normalized spacial score (nSPS) is 24.0. The van der Waals surface area contributed by atoms with E-state index in [1.807, 2.05) is 0 Å². The fraction of sp³-hybridized carbons (Fsp3) is 0.917. The molecule has 0 aliphatic carbocycles. The fourth-order valence-corrected chi connectivity index (χ4v) is 2.08. The number of hydrogen-bond acceptors (Lipinski definition) is 3. The molecule has 0 saturated carbocycles. The lowest BCUT2D eigenvalue weighted by Crippen LogP contribution is -2.37. The molecule has 3 N–H and O–H groups in total. The van der Waals surface area contributed by atoms with Crippen molar-refractivity contribution in [2.45, 2.75) is 51.7 Å². The number of hydrogen-bond donors (Lipinski definition) is 3. The van der Waals surface area contributed by atoms with Crippen LogP contribution in [0.3, 0.4) is 0 Å². The first-order valence-corrected chi connectivity index (χ1v) is 6.26. The lowest BCUT2D eigenvalue weighted by molar-refractivity contribution is -0.121. The molecule has 2 unspecified atom stereocenters. The minimum Gasteiger partial charge on any atom is -0.392 e. The maximum Gasteiger partial charge on any atom is 0.221 e.